The molecule has 1 N–H and O–H groups in total. The third-order valence-electron chi connectivity index (χ3n) is 4.05. The van der Waals surface area contributed by atoms with E-state index in [4.69, 9.17) is 21.7 Å². The highest BCUT2D eigenvalue weighted by atomic mass is 32.2. The molecule has 7 nitrogen and oxygen atoms in total. The number of carboxylic acids is 1. The number of nitrogens with zero attached hydrogens (tertiary/aromatic N) is 2. The van der Waals surface area contributed by atoms with Gasteiger partial charge in [-0.3, -0.25) is 4.79 Å². The van der Waals surface area contributed by atoms with E-state index in [0.717, 1.165) is 16.8 Å². The van der Waals surface area contributed by atoms with Gasteiger partial charge in [0.15, 0.2) is 15.8 Å². The van der Waals surface area contributed by atoms with Crippen LogP contribution in [0.1, 0.15) is 21.5 Å². The number of methoxy groups -OCH3 is 2. The zero-order chi connectivity index (χ0) is 21.8. The molecule has 3 rings (SSSR count). The summed E-state index contributed by atoms with van der Waals surface area (Å²) in [5.74, 6) is -1.80. The van der Waals surface area contributed by atoms with E-state index < -0.39 is 11.9 Å². The van der Waals surface area contributed by atoms with Crippen molar-refractivity contribution in [1.29, 1.82) is 0 Å². The molecule has 0 bridgehead atoms. The van der Waals surface area contributed by atoms with Crippen LogP contribution in [0, 0.1) is 5.82 Å². The number of halogens is 1. The van der Waals surface area contributed by atoms with Crippen molar-refractivity contribution in [2.24, 2.45) is 5.10 Å². The van der Waals surface area contributed by atoms with Gasteiger partial charge in [-0.1, -0.05) is 23.9 Å². The van der Waals surface area contributed by atoms with E-state index in [1.54, 1.807) is 6.08 Å². The predicted molar refractivity (Wildman–Crippen MR) is 116 cm³/mol. The SMILES string of the molecule is COc1ccc(/C=N/N2C(=O)/C(=C\c3ccc(F)cc3)SC2=S)c(C(=O)O)c1OC. The lowest BCUT2D eigenvalue weighted by Crippen LogP contribution is -2.22. The van der Waals surface area contributed by atoms with Gasteiger partial charge in [0.25, 0.3) is 5.91 Å². The van der Waals surface area contributed by atoms with Crippen molar-refractivity contribution in [3.63, 3.8) is 0 Å². The molecule has 0 unspecified atom stereocenters. The predicted octanol–water partition coefficient (Wildman–Crippen LogP) is 3.78. The minimum Gasteiger partial charge on any atom is -0.493 e. The zero-order valence-electron chi connectivity index (χ0n) is 15.8. The highest BCUT2D eigenvalue weighted by molar-refractivity contribution is 8.26. The second-order valence-electron chi connectivity index (χ2n) is 5.86. The van der Waals surface area contributed by atoms with Crippen molar-refractivity contribution in [3.05, 3.63) is 63.8 Å². The van der Waals surface area contributed by atoms with Crippen LogP contribution in [-0.4, -0.2) is 46.7 Å². The molecule has 0 spiro atoms. The summed E-state index contributed by atoms with van der Waals surface area (Å²) in [5, 5.41) is 14.6. The highest BCUT2D eigenvalue weighted by Gasteiger charge is 2.32. The Balaban J connectivity index is 1.91. The second-order valence-corrected chi connectivity index (χ2v) is 7.54. The molecular weight excluding hydrogens is 431 g/mol. The smallest absolute Gasteiger partial charge is 0.340 e. The number of rotatable bonds is 6. The van der Waals surface area contributed by atoms with Gasteiger partial charge in [0.1, 0.15) is 11.4 Å². The number of hydrogen-bond donors (Lipinski definition) is 1. The molecule has 1 amide bonds. The van der Waals surface area contributed by atoms with E-state index in [0.29, 0.717) is 10.5 Å². The summed E-state index contributed by atoms with van der Waals surface area (Å²) in [7, 11) is 2.72. The van der Waals surface area contributed by atoms with Gasteiger partial charge in [-0.05, 0) is 48.1 Å². The second kappa shape index (κ2) is 9.06. The molecule has 2 aromatic carbocycles. The van der Waals surface area contributed by atoms with Crippen LogP contribution in [0.15, 0.2) is 46.4 Å². The third kappa shape index (κ3) is 4.34. The monoisotopic (exact) mass is 446 g/mol. The van der Waals surface area contributed by atoms with Crippen molar-refractivity contribution >= 4 is 52.5 Å². The Hall–Kier alpha value is -3.24. The number of carbonyl (C=O) groups excluding carboxylic acids is 1. The molecule has 1 fully saturated rings. The minimum absolute atomic E-state index is 0.0375. The van der Waals surface area contributed by atoms with Crippen LogP contribution in [0.4, 0.5) is 4.39 Å². The largest absolute Gasteiger partial charge is 0.493 e. The number of thiocarbonyl (C=S) groups is 1. The van der Waals surface area contributed by atoms with Gasteiger partial charge in [0.05, 0.1) is 25.3 Å². The molecule has 0 aliphatic carbocycles. The Bertz CT molecular complexity index is 1080. The average molecular weight is 446 g/mol. The quantitative estimate of drug-likeness (QED) is 0.410. The fourth-order valence-corrected chi connectivity index (χ4v) is 3.83. The van der Waals surface area contributed by atoms with Crippen molar-refractivity contribution in [1.82, 2.24) is 5.01 Å². The van der Waals surface area contributed by atoms with Crippen LogP contribution in [0.25, 0.3) is 6.08 Å². The summed E-state index contributed by atoms with van der Waals surface area (Å²) in [6, 6.07) is 8.66. The summed E-state index contributed by atoms with van der Waals surface area (Å²) in [6.45, 7) is 0. The lowest BCUT2D eigenvalue weighted by Gasteiger charge is -2.13. The van der Waals surface area contributed by atoms with Crippen molar-refractivity contribution in [3.8, 4) is 11.5 Å². The maximum atomic E-state index is 13.1. The lowest BCUT2D eigenvalue weighted by molar-refractivity contribution is -0.122. The fourth-order valence-electron chi connectivity index (χ4n) is 2.66. The molecule has 30 heavy (non-hydrogen) atoms. The third-order valence-corrected chi connectivity index (χ3v) is 5.33. The van der Waals surface area contributed by atoms with Gasteiger partial charge in [0, 0.05) is 5.56 Å². The van der Waals surface area contributed by atoms with E-state index in [9.17, 15) is 19.1 Å². The number of aromatic carboxylic acids is 1. The zero-order valence-corrected chi connectivity index (χ0v) is 17.4. The van der Waals surface area contributed by atoms with Gasteiger partial charge in [0.2, 0.25) is 0 Å². The maximum Gasteiger partial charge on any atom is 0.340 e. The van der Waals surface area contributed by atoms with Gasteiger partial charge in [-0.15, -0.1) is 0 Å². The van der Waals surface area contributed by atoms with Crippen LogP contribution in [0.5, 0.6) is 11.5 Å². The minimum atomic E-state index is -1.24. The van der Waals surface area contributed by atoms with E-state index in [1.807, 2.05) is 0 Å². The molecule has 10 heteroatoms. The topological polar surface area (TPSA) is 88.4 Å². The number of thioether (sulfide) groups is 1. The Morgan fingerprint density at radius 3 is 2.50 bits per heavy atom. The van der Waals surface area contributed by atoms with E-state index in [2.05, 4.69) is 5.10 Å². The number of benzene rings is 2. The lowest BCUT2D eigenvalue weighted by atomic mass is 10.1. The Morgan fingerprint density at radius 2 is 1.90 bits per heavy atom. The Kier molecular flexibility index (Phi) is 6.48. The first-order valence-electron chi connectivity index (χ1n) is 8.41. The number of carbonyl (C=O) groups is 2. The van der Waals surface area contributed by atoms with Crippen LogP contribution < -0.4 is 9.47 Å². The summed E-state index contributed by atoms with van der Waals surface area (Å²) >= 11 is 6.25. The van der Waals surface area contributed by atoms with Gasteiger partial charge < -0.3 is 14.6 Å². The summed E-state index contributed by atoms with van der Waals surface area (Å²) in [4.78, 5) is 24.7. The molecular formula is C20H15FN2O5S2. The molecule has 1 saturated heterocycles. The van der Waals surface area contributed by atoms with Gasteiger partial charge >= 0.3 is 5.97 Å². The number of hydrazone groups is 1. The molecule has 154 valence electrons. The fraction of sp³-hybridized carbons (Fsp3) is 0.100. The first kappa shape index (κ1) is 21.5. The van der Waals surface area contributed by atoms with Gasteiger partial charge in [-0.25, -0.2) is 9.18 Å². The summed E-state index contributed by atoms with van der Waals surface area (Å²) in [5.41, 5.74) is 0.679. The van der Waals surface area contributed by atoms with Crippen molar-refractivity contribution in [2.45, 2.75) is 0 Å². The normalized spacial score (nSPS) is 15.3. The molecule has 0 atom stereocenters. The number of ether oxygens (including phenoxy) is 2. The molecule has 0 aromatic heterocycles. The van der Waals surface area contributed by atoms with E-state index >= 15 is 0 Å². The number of amides is 1. The standard InChI is InChI=1S/C20H15FN2O5S2/c1-27-14-8-5-12(16(19(25)26)17(14)28-2)10-22-23-18(24)15(30-20(23)29)9-11-3-6-13(21)7-4-11/h3-10H,1-2H3,(H,25,26)/b15-9+,22-10+. The van der Waals surface area contributed by atoms with Crippen LogP contribution in [0.2, 0.25) is 0 Å². The first-order valence-corrected chi connectivity index (χ1v) is 9.64. The van der Waals surface area contributed by atoms with Crippen molar-refractivity contribution in [2.75, 3.05) is 14.2 Å². The molecule has 1 aliphatic rings. The van der Waals surface area contributed by atoms with Crippen LogP contribution >= 0.6 is 24.0 Å². The summed E-state index contributed by atoms with van der Waals surface area (Å²) in [6.07, 6.45) is 2.80. The molecule has 1 heterocycles. The van der Waals surface area contributed by atoms with E-state index in [1.165, 1.54) is 56.8 Å². The number of hydrogen-bond acceptors (Lipinski definition) is 7. The Morgan fingerprint density at radius 1 is 1.20 bits per heavy atom. The molecule has 2 aromatic rings. The average Bonchev–Trinajstić information content (AvgIpc) is 2.99. The number of carboxylic acid groups (broad SMARTS) is 1. The Labute approximate surface area is 180 Å². The van der Waals surface area contributed by atoms with Crippen molar-refractivity contribution < 1.29 is 28.6 Å². The maximum absolute atomic E-state index is 13.1. The molecule has 1 aliphatic heterocycles. The molecule has 0 radical (unpaired) electrons. The first-order chi connectivity index (χ1) is 14.3. The van der Waals surface area contributed by atoms with Gasteiger partial charge in [-0.2, -0.15) is 10.1 Å². The molecule has 0 saturated carbocycles. The van der Waals surface area contributed by atoms with Crippen LogP contribution in [0.3, 0.4) is 0 Å². The summed E-state index contributed by atoms with van der Waals surface area (Å²) < 4.78 is 23.5. The van der Waals surface area contributed by atoms with E-state index in [-0.39, 0.29) is 32.8 Å². The highest BCUT2D eigenvalue weighted by Crippen LogP contribution is 2.34. The van der Waals surface area contributed by atoms with Crippen LogP contribution in [-0.2, 0) is 4.79 Å².